The molecule has 1 aliphatic rings. The molecule has 0 N–H and O–H groups in total. The van der Waals surface area contributed by atoms with Gasteiger partial charge in [-0.05, 0) is 25.9 Å². The molecule has 0 amide bonds. The Labute approximate surface area is 63.2 Å². The Kier molecular flexibility index (Phi) is 3.16. The molecule has 0 aromatic heterocycles. The van der Waals surface area contributed by atoms with Crippen LogP contribution in [0, 0.1) is 0 Å². The Hall–Kier alpha value is -0.0800. The van der Waals surface area contributed by atoms with Crippen molar-refractivity contribution >= 4 is 0 Å². The van der Waals surface area contributed by atoms with E-state index in [0.717, 1.165) is 6.54 Å². The highest BCUT2D eigenvalue weighted by Crippen LogP contribution is 2.11. The van der Waals surface area contributed by atoms with E-state index < -0.39 is 0 Å². The minimum absolute atomic E-state index is 0.494. The van der Waals surface area contributed by atoms with Gasteiger partial charge in [-0.1, -0.05) is 6.92 Å². The molecule has 1 rings (SSSR count). The van der Waals surface area contributed by atoms with Crippen LogP contribution in [0.4, 0.5) is 0 Å². The fraction of sp³-hybridized carbons (Fsp3) is 1.00. The van der Waals surface area contributed by atoms with Crippen LogP contribution in [0.1, 0.15) is 19.8 Å². The second-order valence-electron chi connectivity index (χ2n) is 2.89. The highest BCUT2D eigenvalue weighted by molar-refractivity contribution is 4.71. The summed E-state index contributed by atoms with van der Waals surface area (Å²) in [7, 11) is 1.81. The zero-order valence-corrected chi connectivity index (χ0v) is 6.97. The number of likely N-dealkylation sites (N-methyl/N-ethyl adjacent to an activating group) is 1. The van der Waals surface area contributed by atoms with Crippen LogP contribution in [-0.2, 0) is 4.74 Å². The normalized spacial score (nSPS) is 28.8. The van der Waals surface area contributed by atoms with E-state index in [1.807, 2.05) is 7.11 Å². The minimum Gasteiger partial charge on any atom is -0.380 e. The molecule has 0 saturated carbocycles. The fourth-order valence-electron chi connectivity index (χ4n) is 1.49. The quantitative estimate of drug-likeness (QED) is 0.574. The minimum atomic E-state index is 0.494. The molecule has 0 aromatic rings. The average Bonchev–Trinajstić information content (AvgIpc) is 2.05. The lowest BCUT2D eigenvalue weighted by Gasteiger charge is -2.30. The highest BCUT2D eigenvalue weighted by Gasteiger charge is 2.17. The summed E-state index contributed by atoms with van der Waals surface area (Å²) in [6, 6.07) is 0. The van der Waals surface area contributed by atoms with Crippen molar-refractivity contribution in [2.45, 2.75) is 25.9 Å². The molecular weight excluding hydrogens is 126 g/mol. The number of piperidine rings is 1. The number of rotatable bonds is 2. The van der Waals surface area contributed by atoms with Gasteiger partial charge in [0.25, 0.3) is 0 Å². The molecule has 1 fully saturated rings. The zero-order chi connectivity index (χ0) is 7.40. The van der Waals surface area contributed by atoms with Gasteiger partial charge in [-0.25, -0.2) is 0 Å². The number of nitrogens with zero attached hydrogens (tertiary/aromatic N) is 1. The van der Waals surface area contributed by atoms with Crippen molar-refractivity contribution in [3.63, 3.8) is 0 Å². The second-order valence-corrected chi connectivity index (χ2v) is 2.89. The summed E-state index contributed by atoms with van der Waals surface area (Å²) in [5.74, 6) is 0. The van der Waals surface area contributed by atoms with Gasteiger partial charge in [0.15, 0.2) is 0 Å². The third-order valence-electron chi connectivity index (χ3n) is 2.24. The predicted molar refractivity (Wildman–Crippen MR) is 42.1 cm³/mol. The molecule has 0 aromatic carbocycles. The average molecular weight is 143 g/mol. The first-order valence-corrected chi connectivity index (χ1v) is 4.12. The van der Waals surface area contributed by atoms with Crippen LogP contribution < -0.4 is 0 Å². The lowest BCUT2D eigenvalue weighted by atomic mass is 10.1. The number of methoxy groups -OCH3 is 1. The van der Waals surface area contributed by atoms with E-state index in [0.29, 0.717) is 6.10 Å². The Morgan fingerprint density at radius 1 is 1.60 bits per heavy atom. The smallest absolute Gasteiger partial charge is 0.0698 e. The van der Waals surface area contributed by atoms with Gasteiger partial charge in [-0.15, -0.1) is 0 Å². The molecule has 0 unspecified atom stereocenters. The maximum absolute atomic E-state index is 5.28. The third-order valence-corrected chi connectivity index (χ3v) is 2.24. The molecule has 1 atom stereocenters. The maximum Gasteiger partial charge on any atom is 0.0698 e. The van der Waals surface area contributed by atoms with Gasteiger partial charge in [0, 0.05) is 13.7 Å². The first-order chi connectivity index (χ1) is 4.86. The van der Waals surface area contributed by atoms with Crippen LogP contribution in [0.15, 0.2) is 0 Å². The Balaban J connectivity index is 2.25. The standard InChI is InChI=1S/C8H17NO/c1-3-9-6-4-5-8(7-9)10-2/h8H,3-7H2,1-2H3/t8-/m0/s1. The summed E-state index contributed by atoms with van der Waals surface area (Å²) in [6.07, 6.45) is 3.04. The van der Waals surface area contributed by atoms with Gasteiger partial charge >= 0.3 is 0 Å². The lowest BCUT2D eigenvalue weighted by Crippen LogP contribution is -2.38. The Morgan fingerprint density at radius 2 is 2.40 bits per heavy atom. The van der Waals surface area contributed by atoms with Crippen LogP contribution in [0.3, 0.4) is 0 Å². The lowest BCUT2D eigenvalue weighted by molar-refractivity contribution is 0.0334. The van der Waals surface area contributed by atoms with E-state index >= 15 is 0 Å². The third kappa shape index (κ3) is 1.96. The molecule has 0 aliphatic carbocycles. The van der Waals surface area contributed by atoms with Crippen molar-refractivity contribution in [2.24, 2.45) is 0 Å². The molecule has 0 bridgehead atoms. The number of ether oxygens (including phenoxy) is 1. The molecule has 1 saturated heterocycles. The molecule has 0 spiro atoms. The summed E-state index contributed by atoms with van der Waals surface area (Å²) < 4.78 is 5.28. The molecule has 2 heteroatoms. The van der Waals surface area contributed by atoms with Gasteiger partial charge < -0.3 is 9.64 Å². The van der Waals surface area contributed by atoms with Crippen molar-refractivity contribution in [2.75, 3.05) is 26.7 Å². The first-order valence-electron chi connectivity index (χ1n) is 4.12. The predicted octanol–water partition coefficient (Wildman–Crippen LogP) is 1.12. The summed E-state index contributed by atoms with van der Waals surface area (Å²) in [4.78, 5) is 2.44. The fourth-order valence-corrected chi connectivity index (χ4v) is 1.49. The molecule has 0 radical (unpaired) electrons. The van der Waals surface area contributed by atoms with E-state index in [-0.39, 0.29) is 0 Å². The molecule has 1 heterocycles. The summed E-state index contributed by atoms with van der Waals surface area (Å²) in [5, 5.41) is 0. The van der Waals surface area contributed by atoms with E-state index in [1.54, 1.807) is 0 Å². The number of likely N-dealkylation sites (tertiary alicyclic amines) is 1. The molecular formula is C8H17NO. The molecule has 10 heavy (non-hydrogen) atoms. The van der Waals surface area contributed by atoms with Crippen molar-refractivity contribution in [1.82, 2.24) is 4.90 Å². The maximum atomic E-state index is 5.28. The summed E-state index contributed by atoms with van der Waals surface area (Å²) in [6.45, 7) is 5.77. The SMILES string of the molecule is CCN1CCC[C@H](OC)C1. The molecule has 2 nitrogen and oxygen atoms in total. The monoisotopic (exact) mass is 143 g/mol. The van der Waals surface area contributed by atoms with Crippen LogP contribution in [0.5, 0.6) is 0 Å². The Morgan fingerprint density at radius 3 is 3.00 bits per heavy atom. The van der Waals surface area contributed by atoms with Gasteiger partial charge in [0.1, 0.15) is 0 Å². The topological polar surface area (TPSA) is 12.5 Å². The van der Waals surface area contributed by atoms with Crippen LogP contribution in [0.2, 0.25) is 0 Å². The summed E-state index contributed by atoms with van der Waals surface area (Å²) in [5.41, 5.74) is 0. The van der Waals surface area contributed by atoms with E-state index in [1.165, 1.54) is 25.9 Å². The number of hydrogen-bond acceptors (Lipinski definition) is 2. The van der Waals surface area contributed by atoms with E-state index in [4.69, 9.17) is 4.74 Å². The molecule has 60 valence electrons. The van der Waals surface area contributed by atoms with Gasteiger partial charge in [-0.2, -0.15) is 0 Å². The second kappa shape index (κ2) is 3.94. The zero-order valence-electron chi connectivity index (χ0n) is 6.97. The molecule has 1 aliphatic heterocycles. The largest absolute Gasteiger partial charge is 0.380 e. The first kappa shape index (κ1) is 8.02. The van der Waals surface area contributed by atoms with Crippen molar-refractivity contribution in [3.8, 4) is 0 Å². The summed E-state index contributed by atoms with van der Waals surface area (Å²) >= 11 is 0. The van der Waals surface area contributed by atoms with E-state index in [9.17, 15) is 0 Å². The van der Waals surface area contributed by atoms with Crippen molar-refractivity contribution in [3.05, 3.63) is 0 Å². The number of hydrogen-bond donors (Lipinski definition) is 0. The highest BCUT2D eigenvalue weighted by atomic mass is 16.5. The van der Waals surface area contributed by atoms with Crippen LogP contribution in [-0.4, -0.2) is 37.7 Å². The van der Waals surface area contributed by atoms with Gasteiger partial charge in [-0.3, -0.25) is 0 Å². The Bertz CT molecular complexity index is 85.3. The van der Waals surface area contributed by atoms with Gasteiger partial charge in [0.05, 0.1) is 6.10 Å². The van der Waals surface area contributed by atoms with Crippen LogP contribution in [0.25, 0.3) is 0 Å². The van der Waals surface area contributed by atoms with Crippen molar-refractivity contribution < 1.29 is 4.74 Å². The van der Waals surface area contributed by atoms with Crippen molar-refractivity contribution in [1.29, 1.82) is 0 Å². The van der Waals surface area contributed by atoms with E-state index in [2.05, 4.69) is 11.8 Å². The van der Waals surface area contributed by atoms with Crippen LogP contribution >= 0.6 is 0 Å². The van der Waals surface area contributed by atoms with Gasteiger partial charge in [0.2, 0.25) is 0 Å².